The standard InChI is InChI=1S/C10H16N4O/c15-10-9(13-6-7-14-10)12-5-3-8-2-1-4-11-8/h6-8,11H,1-5H2,(H,12,13)(H,14,15). The number of aromatic amines is 1. The lowest BCUT2D eigenvalue weighted by Gasteiger charge is -2.10. The summed E-state index contributed by atoms with van der Waals surface area (Å²) in [4.78, 5) is 17.8. The molecule has 0 saturated carbocycles. The van der Waals surface area contributed by atoms with Gasteiger partial charge in [0.25, 0.3) is 5.56 Å². The molecule has 0 aromatic carbocycles. The van der Waals surface area contributed by atoms with Gasteiger partial charge >= 0.3 is 0 Å². The van der Waals surface area contributed by atoms with Crippen molar-refractivity contribution in [1.82, 2.24) is 15.3 Å². The summed E-state index contributed by atoms with van der Waals surface area (Å²) >= 11 is 0. The van der Waals surface area contributed by atoms with Crippen LogP contribution in [0.4, 0.5) is 5.82 Å². The Bertz CT molecular complexity index is 356. The summed E-state index contributed by atoms with van der Waals surface area (Å²) in [6, 6.07) is 0.597. The smallest absolute Gasteiger partial charge is 0.290 e. The van der Waals surface area contributed by atoms with E-state index in [9.17, 15) is 4.79 Å². The highest BCUT2D eigenvalue weighted by atomic mass is 16.1. The first-order chi connectivity index (χ1) is 7.36. The predicted octanol–water partition coefficient (Wildman–Crippen LogP) is 0.324. The van der Waals surface area contributed by atoms with Crippen LogP contribution in [0.25, 0.3) is 0 Å². The van der Waals surface area contributed by atoms with Crippen molar-refractivity contribution in [3.63, 3.8) is 0 Å². The molecule has 3 N–H and O–H groups in total. The molecule has 1 saturated heterocycles. The third-order valence-corrected chi connectivity index (χ3v) is 2.66. The van der Waals surface area contributed by atoms with Gasteiger partial charge in [-0.05, 0) is 25.8 Å². The molecule has 1 aliphatic heterocycles. The summed E-state index contributed by atoms with van der Waals surface area (Å²) in [6.45, 7) is 1.91. The second kappa shape index (κ2) is 4.93. The number of hydrogen-bond donors (Lipinski definition) is 3. The second-order valence-corrected chi connectivity index (χ2v) is 3.78. The molecule has 5 heteroatoms. The molecule has 0 spiro atoms. The number of aromatic nitrogens is 2. The third kappa shape index (κ3) is 2.79. The molecular weight excluding hydrogens is 192 g/mol. The van der Waals surface area contributed by atoms with Crippen LogP contribution in [0.2, 0.25) is 0 Å². The van der Waals surface area contributed by atoms with E-state index in [0.29, 0.717) is 11.9 Å². The van der Waals surface area contributed by atoms with Crippen LogP contribution < -0.4 is 16.2 Å². The van der Waals surface area contributed by atoms with E-state index in [-0.39, 0.29) is 5.56 Å². The van der Waals surface area contributed by atoms with Crippen LogP contribution in [0.1, 0.15) is 19.3 Å². The van der Waals surface area contributed by atoms with E-state index in [0.717, 1.165) is 19.5 Å². The van der Waals surface area contributed by atoms with E-state index < -0.39 is 0 Å². The molecule has 1 aromatic heterocycles. The molecule has 15 heavy (non-hydrogen) atoms. The zero-order valence-corrected chi connectivity index (χ0v) is 8.62. The van der Waals surface area contributed by atoms with E-state index in [4.69, 9.17) is 0 Å². The molecule has 1 unspecified atom stereocenters. The molecule has 2 rings (SSSR count). The van der Waals surface area contributed by atoms with Crippen molar-refractivity contribution < 1.29 is 0 Å². The Kier molecular flexibility index (Phi) is 3.34. The molecule has 1 aliphatic rings. The lowest BCUT2D eigenvalue weighted by atomic mass is 10.1. The Morgan fingerprint density at radius 2 is 2.53 bits per heavy atom. The molecule has 0 aliphatic carbocycles. The Labute approximate surface area is 88.3 Å². The Hall–Kier alpha value is -1.36. The molecule has 0 radical (unpaired) electrons. The highest BCUT2D eigenvalue weighted by Crippen LogP contribution is 2.08. The minimum Gasteiger partial charge on any atom is -0.365 e. The van der Waals surface area contributed by atoms with Crippen molar-refractivity contribution in [1.29, 1.82) is 0 Å². The summed E-state index contributed by atoms with van der Waals surface area (Å²) in [6.07, 6.45) is 6.65. The van der Waals surface area contributed by atoms with Crippen LogP contribution in [0.3, 0.4) is 0 Å². The first-order valence-electron chi connectivity index (χ1n) is 5.37. The van der Waals surface area contributed by atoms with Crippen molar-refractivity contribution in [2.75, 3.05) is 18.4 Å². The zero-order chi connectivity index (χ0) is 10.5. The molecule has 2 heterocycles. The topological polar surface area (TPSA) is 69.8 Å². The monoisotopic (exact) mass is 208 g/mol. The van der Waals surface area contributed by atoms with E-state index in [1.54, 1.807) is 6.20 Å². The van der Waals surface area contributed by atoms with Crippen molar-refractivity contribution in [2.45, 2.75) is 25.3 Å². The Balaban J connectivity index is 1.78. The number of nitrogens with zero attached hydrogens (tertiary/aromatic N) is 1. The number of hydrogen-bond acceptors (Lipinski definition) is 4. The largest absolute Gasteiger partial charge is 0.365 e. The van der Waals surface area contributed by atoms with Gasteiger partial charge in [0.15, 0.2) is 5.82 Å². The predicted molar refractivity (Wildman–Crippen MR) is 59.0 cm³/mol. The highest BCUT2D eigenvalue weighted by Gasteiger charge is 2.13. The average molecular weight is 208 g/mol. The van der Waals surface area contributed by atoms with E-state index in [2.05, 4.69) is 20.6 Å². The van der Waals surface area contributed by atoms with Gasteiger partial charge in [0.1, 0.15) is 0 Å². The number of H-pyrrole nitrogens is 1. The van der Waals surface area contributed by atoms with Gasteiger partial charge < -0.3 is 15.6 Å². The fraction of sp³-hybridized carbons (Fsp3) is 0.600. The van der Waals surface area contributed by atoms with Gasteiger partial charge in [0.05, 0.1) is 0 Å². The van der Waals surface area contributed by atoms with Gasteiger partial charge in [-0.3, -0.25) is 4.79 Å². The minimum atomic E-state index is -0.156. The van der Waals surface area contributed by atoms with Gasteiger partial charge in [-0.2, -0.15) is 0 Å². The minimum absolute atomic E-state index is 0.156. The summed E-state index contributed by atoms with van der Waals surface area (Å²) in [5, 5.41) is 6.46. The number of nitrogens with one attached hydrogen (secondary N) is 3. The summed E-state index contributed by atoms with van der Waals surface area (Å²) < 4.78 is 0. The number of anilines is 1. The van der Waals surface area contributed by atoms with Crippen LogP contribution in [-0.2, 0) is 0 Å². The zero-order valence-electron chi connectivity index (χ0n) is 8.62. The molecule has 1 aromatic rings. The molecule has 1 atom stereocenters. The number of rotatable bonds is 4. The lowest BCUT2D eigenvalue weighted by molar-refractivity contribution is 0.574. The maximum Gasteiger partial charge on any atom is 0.290 e. The SMILES string of the molecule is O=c1[nH]ccnc1NCCC1CCCN1. The first kappa shape index (κ1) is 10.2. The van der Waals surface area contributed by atoms with Crippen LogP contribution in [0.5, 0.6) is 0 Å². The molecule has 0 bridgehead atoms. The highest BCUT2D eigenvalue weighted by molar-refractivity contribution is 5.29. The summed E-state index contributed by atoms with van der Waals surface area (Å²) in [7, 11) is 0. The van der Waals surface area contributed by atoms with Crippen molar-refractivity contribution in [2.24, 2.45) is 0 Å². The fourth-order valence-corrected chi connectivity index (χ4v) is 1.85. The van der Waals surface area contributed by atoms with Crippen LogP contribution >= 0.6 is 0 Å². The van der Waals surface area contributed by atoms with Gasteiger partial charge in [0.2, 0.25) is 0 Å². The van der Waals surface area contributed by atoms with E-state index in [1.807, 2.05) is 0 Å². The van der Waals surface area contributed by atoms with Crippen molar-refractivity contribution in [3.8, 4) is 0 Å². The van der Waals surface area contributed by atoms with Gasteiger partial charge in [-0.25, -0.2) is 4.98 Å². The summed E-state index contributed by atoms with van der Waals surface area (Å²) in [5.74, 6) is 0.412. The average Bonchev–Trinajstić information content (AvgIpc) is 2.74. The Morgan fingerprint density at radius 1 is 1.60 bits per heavy atom. The fourth-order valence-electron chi connectivity index (χ4n) is 1.85. The lowest BCUT2D eigenvalue weighted by Crippen LogP contribution is -2.25. The molecular formula is C10H16N4O. The second-order valence-electron chi connectivity index (χ2n) is 3.78. The van der Waals surface area contributed by atoms with E-state index in [1.165, 1.54) is 19.0 Å². The molecule has 82 valence electrons. The Morgan fingerprint density at radius 3 is 3.27 bits per heavy atom. The van der Waals surface area contributed by atoms with Crippen LogP contribution in [0.15, 0.2) is 17.2 Å². The molecule has 5 nitrogen and oxygen atoms in total. The van der Waals surface area contributed by atoms with Crippen LogP contribution in [-0.4, -0.2) is 29.1 Å². The normalized spacial score (nSPS) is 20.4. The molecule has 0 amide bonds. The van der Waals surface area contributed by atoms with Gasteiger partial charge in [0, 0.05) is 25.0 Å². The van der Waals surface area contributed by atoms with Crippen molar-refractivity contribution >= 4 is 5.82 Å². The third-order valence-electron chi connectivity index (χ3n) is 2.66. The molecule has 1 fully saturated rings. The van der Waals surface area contributed by atoms with Crippen molar-refractivity contribution in [3.05, 3.63) is 22.7 Å². The van der Waals surface area contributed by atoms with Crippen LogP contribution in [0, 0.1) is 0 Å². The van der Waals surface area contributed by atoms with Gasteiger partial charge in [-0.15, -0.1) is 0 Å². The van der Waals surface area contributed by atoms with Gasteiger partial charge in [-0.1, -0.05) is 0 Å². The summed E-state index contributed by atoms with van der Waals surface area (Å²) in [5.41, 5.74) is -0.156. The first-order valence-corrected chi connectivity index (χ1v) is 5.37. The quantitative estimate of drug-likeness (QED) is 0.666. The maximum absolute atomic E-state index is 11.3. The van der Waals surface area contributed by atoms with E-state index >= 15 is 0 Å². The maximum atomic E-state index is 11.3.